The summed E-state index contributed by atoms with van der Waals surface area (Å²) in [6, 6.07) is 9.22. The molecule has 2 aliphatic rings. The summed E-state index contributed by atoms with van der Waals surface area (Å²) in [5, 5.41) is 4.32. The van der Waals surface area contributed by atoms with E-state index in [1.165, 1.54) is 50.8 Å². The topological polar surface area (TPSA) is 45.2 Å². The van der Waals surface area contributed by atoms with Crippen LogP contribution in [0.1, 0.15) is 66.6 Å². The summed E-state index contributed by atoms with van der Waals surface area (Å²) in [6.07, 6.45) is 8.69. The van der Waals surface area contributed by atoms with Crippen molar-refractivity contribution in [1.82, 2.24) is 15.2 Å². The van der Waals surface area contributed by atoms with Gasteiger partial charge in [-0.1, -0.05) is 18.1 Å². The van der Waals surface area contributed by atoms with Gasteiger partial charge in [-0.3, -0.25) is 9.78 Å². The number of nitrogens with one attached hydrogen (secondary N) is 1. The number of rotatable bonds is 3. The number of carbonyl (C=O) groups is 1. The minimum absolute atomic E-state index is 0.0322. The molecule has 0 spiro atoms. The van der Waals surface area contributed by atoms with Crippen LogP contribution in [0.2, 0.25) is 0 Å². The SMILES string of the molecule is Cc1ccc2nc(C)c(C(=O)NC3CCC(N4CCCCC4)CC3)cc2c1. The van der Waals surface area contributed by atoms with Crippen molar-refractivity contribution >= 4 is 16.8 Å². The van der Waals surface area contributed by atoms with E-state index in [0.717, 1.165) is 35.5 Å². The highest BCUT2D eigenvalue weighted by Gasteiger charge is 2.27. The van der Waals surface area contributed by atoms with Crippen LogP contribution in [0.15, 0.2) is 24.3 Å². The smallest absolute Gasteiger partial charge is 0.253 e. The van der Waals surface area contributed by atoms with Gasteiger partial charge >= 0.3 is 0 Å². The number of nitrogens with zero attached hydrogens (tertiary/aromatic N) is 2. The molecule has 2 aromatic rings. The highest BCUT2D eigenvalue weighted by molar-refractivity contribution is 5.98. The number of carbonyl (C=O) groups excluding carboxylic acids is 1. The summed E-state index contributed by atoms with van der Waals surface area (Å²) >= 11 is 0. The van der Waals surface area contributed by atoms with Crippen LogP contribution < -0.4 is 5.32 Å². The van der Waals surface area contributed by atoms with Gasteiger partial charge < -0.3 is 10.2 Å². The number of hydrogen-bond donors (Lipinski definition) is 1. The average Bonchev–Trinajstić information content (AvgIpc) is 2.69. The molecule has 1 amide bonds. The lowest BCUT2D eigenvalue weighted by atomic mass is 9.89. The first-order chi connectivity index (χ1) is 13.1. The minimum Gasteiger partial charge on any atom is -0.349 e. The molecule has 4 rings (SSSR count). The van der Waals surface area contributed by atoms with E-state index in [4.69, 9.17) is 0 Å². The Bertz CT molecular complexity index is 818. The second-order valence-corrected chi connectivity index (χ2v) is 8.39. The quantitative estimate of drug-likeness (QED) is 0.878. The molecule has 2 heterocycles. The van der Waals surface area contributed by atoms with Crippen LogP contribution in [0.4, 0.5) is 0 Å². The molecule has 4 nitrogen and oxygen atoms in total. The normalized spacial score (nSPS) is 24.1. The van der Waals surface area contributed by atoms with E-state index < -0.39 is 0 Å². The van der Waals surface area contributed by atoms with Crippen molar-refractivity contribution in [3.8, 4) is 0 Å². The molecule has 1 N–H and O–H groups in total. The Kier molecular flexibility index (Phi) is 5.44. The van der Waals surface area contributed by atoms with Gasteiger partial charge in [0.25, 0.3) is 5.91 Å². The third kappa shape index (κ3) is 4.16. The van der Waals surface area contributed by atoms with Crippen LogP contribution in [-0.2, 0) is 0 Å². The van der Waals surface area contributed by atoms with Gasteiger partial charge in [-0.2, -0.15) is 0 Å². The fourth-order valence-corrected chi connectivity index (χ4v) is 4.75. The van der Waals surface area contributed by atoms with E-state index in [-0.39, 0.29) is 5.91 Å². The molecule has 1 aromatic carbocycles. The number of amides is 1. The molecule has 0 bridgehead atoms. The molecule has 1 saturated carbocycles. The summed E-state index contributed by atoms with van der Waals surface area (Å²) in [7, 11) is 0. The fourth-order valence-electron chi connectivity index (χ4n) is 4.75. The molecule has 144 valence electrons. The van der Waals surface area contributed by atoms with Crippen LogP contribution in [0.5, 0.6) is 0 Å². The first-order valence-electron chi connectivity index (χ1n) is 10.5. The van der Waals surface area contributed by atoms with Crippen molar-refractivity contribution in [2.24, 2.45) is 0 Å². The molecule has 1 aromatic heterocycles. The monoisotopic (exact) mass is 365 g/mol. The van der Waals surface area contributed by atoms with Gasteiger partial charge in [-0.25, -0.2) is 0 Å². The molecule has 1 saturated heterocycles. The van der Waals surface area contributed by atoms with Gasteiger partial charge in [0.15, 0.2) is 0 Å². The molecule has 1 aliphatic heterocycles. The van der Waals surface area contributed by atoms with Crippen LogP contribution >= 0.6 is 0 Å². The van der Waals surface area contributed by atoms with Crippen LogP contribution in [0.25, 0.3) is 10.9 Å². The molecule has 0 atom stereocenters. The second kappa shape index (κ2) is 7.97. The Balaban J connectivity index is 1.39. The van der Waals surface area contributed by atoms with Gasteiger partial charge in [0, 0.05) is 17.5 Å². The molecular formula is C23H31N3O. The third-order valence-electron chi connectivity index (χ3n) is 6.34. The number of piperidine rings is 1. The summed E-state index contributed by atoms with van der Waals surface area (Å²) in [4.78, 5) is 20.2. The Morgan fingerprint density at radius 1 is 1.04 bits per heavy atom. The Labute approximate surface area is 162 Å². The van der Waals surface area contributed by atoms with E-state index in [2.05, 4.69) is 34.3 Å². The summed E-state index contributed by atoms with van der Waals surface area (Å²) in [6.45, 7) is 6.54. The molecule has 0 unspecified atom stereocenters. The molecule has 4 heteroatoms. The summed E-state index contributed by atoms with van der Waals surface area (Å²) < 4.78 is 0. The molecule has 27 heavy (non-hydrogen) atoms. The zero-order chi connectivity index (χ0) is 18.8. The first-order valence-corrected chi connectivity index (χ1v) is 10.5. The third-order valence-corrected chi connectivity index (χ3v) is 6.34. The Hall–Kier alpha value is -1.94. The minimum atomic E-state index is 0.0322. The number of pyridine rings is 1. The standard InChI is InChI=1S/C23H31N3O/c1-16-6-11-22-18(14-16)15-21(17(2)24-22)23(27)25-19-7-9-20(10-8-19)26-12-4-3-5-13-26/h6,11,14-15,19-20H,3-5,7-10,12-13H2,1-2H3,(H,25,27). The van der Waals surface area contributed by atoms with Crippen molar-refractivity contribution < 1.29 is 4.79 Å². The average molecular weight is 366 g/mol. The van der Waals surface area contributed by atoms with Gasteiger partial charge in [0.2, 0.25) is 0 Å². The summed E-state index contributed by atoms with van der Waals surface area (Å²) in [5.74, 6) is 0.0322. The Morgan fingerprint density at radius 2 is 1.78 bits per heavy atom. The van der Waals surface area contributed by atoms with Gasteiger partial charge in [-0.05, 0) is 83.7 Å². The van der Waals surface area contributed by atoms with Crippen LogP contribution in [0, 0.1) is 13.8 Å². The molecule has 1 aliphatic carbocycles. The van der Waals surface area contributed by atoms with Gasteiger partial charge in [0.05, 0.1) is 16.8 Å². The number of likely N-dealkylation sites (tertiary alicyclic amines) is 1. The van der Waals surface area contributed by atoms with E-state index >= 15 is 0 Å². The van der Waals surface area contributed by atoms with Gasteiger partial charge in [0.1, 0.15) is 0 Å². The number of hydrogen-bond acceptors (Lipinski definition) is 3. The summed E-state index contributed by atoms with van der Waals surface area (Å²) in [5.41, 5.74) is 3.67. The number of fused-ring (bicyclic) bond motifs is 1. The van der Waals surface area contributed by atoms with Crippen molar-refractivity contribution in [1.29, 1.82) is 0 Å². The van der Waals surface area contributed by atoms with Crippen molar-refractivity contribution in [2.45, 2.75) is 70.9 Å². The lowest BCUT2D eigenvalue weighted by Crippen LogP contribution is -2.45. The van der Waals surface area contributed by atoms with Crippen molar-refractivity contribution in [3.63, 3.8) is 0 Å². The largest absolute Gasteiger partial charge is 0.349 e. The van der Waals surface area contributed by atoms with Crippen LogP contribution in [-0.4, -0.2) is 41.0 Å². The maximum absolute atomic E-state index is 12.9. The number of aryl methyl sites for hydroxylation is 2. The van der Waals surface area contributed by atoms with E-state index in [1.807, 2.05) is 19.1 Å². The van der Waals surface area contributed by atoms with E-state index in [1.54, 1.807) is 0 Å². The predicted molar refractivity (Wildman–Crippen MR) is 110 cm³/mol. The maximum Gasteiger partial charge on any atom is 0.253 e. The first kappa shape index (κ1) is 18.4. The lowest BCUT2D eigenvalue weighted by Gasteiger charge is -2.39. The highest BCUT2D eigenvalue weighted by atomic mass is 16.1. The predicted octanol–water partition coefficient (Wildman–Crippen LogP) is 4.38. The van der Waals surface area contributed by atoms with E-state index in [9.17, 15) is 4.79 Å². The van der Waals surface area contributed by atoms with Gasteiger partial charge in [-0.15, -0.1) is 0 Å². The zero-order valence-electron chi connectivity index (χ0n) is 16.6. The molecular weight excluding hydrogens is 334 g/mol. The number of benzene rings is 1. The Morgan fingerprint density at radius 3 is 2.52 bits per heavy atom. The zero-order valence-corrected chi connectivity index (χ0v) is 16.6. The second-order valence-electron chi connectivity index (χ2n) is 8.39. The number of aromatic nitrogens is 1. The van der Waals surface area contributed by atoms with Crippen LogP contribution in [0.3, 0.4) is 0 Å². The van der Waals surface area contributed by atoms with E-state index in [0.29, 0.717) is 11.6 Å². The van der Waals surface area contributed by atoms with Crippen molar-refractivity contribution in [3.05, 3.63) is 41.1 Å². The molecule has 2 fully saturated rings. The maximum atomic E-state index is 12.9. The highest BCUT2D eigenvalue weighted by Crippen LogP contribution is 2.26. The van der Waals surface area contributed by atoms with Crippen molar-refractivity contribution in [2.75, 3.05) is 13.1 Å². The lowest BCUT2D eigenvalue weighted by molar-refractivity contribution is 0.0887. The molecule has 0 radical (unpaired) electrons. The fraction of sp³-hybridized carbons (Fsp3) is 0.565.